The van der Waals surface area contributed by atoms with E-state index < -0.39 is 12.0 Å². The first-order valence-corrected chi connectivity index (χ1v) is 13.1. The number of azo groups is 1. The summed E-state index contributed by atoms with van der Waals surface area (Å²) < 4.78 is 6.01. The highest BCUT2D eigenvalue weighted by atomic mass is 16.5. The van der Waals surface area contributed by atoms with Crippen LogP contribution in [-0.2, 0) is 16.1 Å². The zero-order valence-electron chi connectivity index (χ0n) is 22.4. The molecule has 1 amide bonds. The topological polar surface area (TPSA) is 117 Å². The molecule has 9 heteroatoms. The molecule has 2 heterocycles. The van der Waals surface area contributed by atoms with Crippen LogP contribution in [-0.4, -0.2) is 45.4 Å². The molecule has 4 rings (SSSR count). The van der Waals surface area contributed by atoms with Gasteiger partial charge in [0, 0.05) is 24.7 Å². The minimum atomic E-state index is -0.993. The molecule has 0 saturated heterocycles. The van der Waals surface area contributed by atoms with Gasteiger partial charge in [-0.05, 0) is 59.4 Å². The fraction of sp³-hybridized carbons (Fsp3) is 0.333. The van der Waals surface area contributed by atoms with Crippen molar-refractivity contribution in [3.05, 3.63) is 78.1 Å². The minimum absolute atomic E-state index is 0.144. The van der Waals surface area contributed by atoms with Gasteiger partial charge in [0.2, 0.25) is 5.91 Å². The third kappa shape index (κ3) is 6.93. The summed E-state index contributed by atoms with van der Waals surface area (Å²) in [6.07, 6.45) is 5.25. The molecule has 0 fully saturated rings. The SMILES string of the molecule is CCCCC(=O)N(Cc1ccc(-c2cc(Oc3cccnc3)ccc2C2=NCN=N2)cc1)[C@H](C(=O)O)C(C)C. The summed E-state index contributed by atoms with van der Waals surface area (Å²) in [5.74, 6) is 0.447. The van der Waals surface area contributed by atoms with E-state index in [-0.39, 0.29) is 18.4 Å². The quantitative estimate of drug-likeness (QED) is 0.295. The number of amides is 1. The van der Waals surface area contributed by atoms with Gasteiger partial charge in [0.1, 0.15) is 17.5 Å². The number of rotatable bonds is 12. The van der Waals surface area contributed by atoms with Crippen molar-refractivity contribution in [1.82, 2.24) is 9.88 Å². The van der Waals surface area contributed by atoms with E-state index in [0.29, 0.717) is 30.4 Å². The normalized spacial score (nSPS) is 13.3. The number of aliphatic imine (C=N–C) groups is 1. The summed E-state index contributed by atoms with van der Waals surface area (Å²) >= 11 is 0. The molecule has 1 atom stereocenters. The van der Waals surface area contributed by atoms with Gasteiger partial charge in [-0.15, -0.1) is 5.11 Å². The second-order valence-electron chi connectivity index (χ2n) is 9.71. The lowest BCUT2D eigenvalue weighted by Gasteiger charge is -2.32. The van der Waals surface area contributed by atoms with Gasteiger partial charge in [-0.1, -0.05) is 51.5 Å². The molecule has 0 radical (unpaired) electrons. The van der Waals surface area contributed by atoms with Gasteiger partial charge in [-0.2, -0.15) is 5.11 Å². The number of benzene rings is 2. The van der Waals surface area contributed by atoms with Crippen LogP contribution >= 0.6 is 0 Å². The van der Waals surface area contributed by atoms with Gasteiger partial charge in [0.15, 0.2) is 12.5 Å². The van der Waals surface area contributed by atoms with Crippen molar-refractivity contribution in [2.45, 2.75) is 52.6 Å². The van der Waals surface area contributed by atoms with Gasteiger partial charge >= 0.3 is 5.97 Å². The zero-order chi connectivity index (χ0) is 27.8. The molecule has 1 aliphatic heterocycles. The first-order valence-electron chi connectivity index (χ1n) is 13.1. The molecule has 1 aliphatic rings. The first kappa shape index (κ1) is 27.6. The molecular formula is C30H33N5O4. The number of hydrogen-bond acceptors (Lipinski definition) is 7. The predicted octanol–water partition coefficient (Wildman–Crippen LogP) is 6.34. The Bertz CT molecular complexity index is 1350. The average molecular weight is 528 g/mol. The second-order valence-corrected chi connectivity index (χ2v) is 9.71. The highest BCUT2D eigenvalue weighted by Gasteiger charge is 2.32. The molecule has 202 valence electrons. The minimum Gasteiger partial charge on any atom is -0.480 e. The molecule has 9 nitrogen and oxygen atoms in total. The van der Waals surface area contributed by atoms with Crippen LogP contribution in [0.1, 0.15) is 51.2 Å². The fourth-order valence-electron chi connectivity index (χ4n) is 4.51. The van der Waals surface area contributed by atoms with Crippen LogP contribution in [0.4, 0.5) is 0 Å². The van der Waals surface area contributed by atoms with Crippen LogP contribution in [0.2, 0.25) is 0 Å². The molecule has 39 heavy (non-hydrogen) atoms. The summed E-state index contributed by atoms with van der Waals surface area (Å²) in [5.41, 5.74) is 3.43. The van der Waals surface area contributed by atoms with E-state index in [1.165, 1.54) is 4.90 Å². The molecule has 1 aromatic heterocycles. The predicted molar refractivity (Wildman–Crippen MR) is 149 cm³/mol. The van der Waals surface area contributed by atoms with Crippen molar-refractivity contribution < 1.29 is 19.4 Å². The lowest BCUT2D eigenvalue weighted by atomic mass is 9.96. The van der Waals surface area contributed by atoms with E-state index in [2.05, 4.69) is 20.2 Å². The first-order chi connectivity index (χ1) is 18.9. The Morgan fingerprint density at radius 3 is 2.46 bits per heavy atom. The van der Waals surface area contributed by atoms with Crippen LogP contribution < -0.4 is 4.74 Å². The number of nitrogens with zero attached hydrogens (tertiary/aromatic N) is 5. The van der Waals surface area contributed by atoms with E-state index in [1.807, 2.05) is 75.4 Å². The number of amidine groups is 1. The van der Waals surface area contributed by atoms with Crippen LogP contribution in [0.3, 0.4) is 0 Å². The third-order valence-electron chi connectivity index (χ3n) is 6.45. The Labute approximate surface area is 228 Å². The van der Waals surface area contributed by atoms with Crippen molar-refractivity contribution in [3.63, 3.8) is 0 Å². The Morgan fingerprint density at radius 2 is 1.85 bits per heavy atom. The van der Waals surface area contributed by atoms with E-state index in [0.717, 1.165) is 35.1 Å². The number of aromatic nitrogens is 1. The molecule has 0 aliphatic carbocycles. The monoisotopic (exact) mass is 527 g/mol. The van der Waals surface area contributed by atoms with Gasteiger partial charge in [0.25, 0.3) is 0 Å². The number of carbonyl (C=O) groups is 2. The summed E-state index contributed by atoms with van der Waals surface area (Å²) in [7, 11) is 0. The molecule has 0 bridgehead atoms. The summed E-state index contributed by atoms with van der Waals surface area (Å²) in [4.78, 5) is 35.1. The maximum Gasteiger partial charge on any atom is 0.326 e. The number of pyridine rings is 1. The maximum absolute atomic E-state index is 13.0. The highest BCUT2D eigenvalue weighted by Crippen LogP contribution is 2.32. The average Bonchev–Trinajstić information content (AvgIpc) is 3.47. The van der Waals surface area contributed by atoms with E-state index >= 15 is 0 Å². The summed E-state index contributed by atoms with van der Waals surface area (Å²) in [6, 6.07) is 16.2. The summed E-state index contributed by atoms with van der Waals surface area (Å²) in [5, 5.41) is 18.1. The summed E-state index contributed by atoms with van der Waals surface area (Å²) in [6.45, 7) is 6.18. The Morgan fingerprint density at radius 1 is 1.05 bits per heavy atom. The van der Waals surface area contributed by atoms with E-state index in [9.17, 15) is 14.7 Å². The Hall–Kier alpha value is -4.40. The van der Waals surface area contributed by atoms with Crippen molar-refractivity contribution in [2.75, 3.05) is 6.67 Å². The number of hydrogen-bond donors (Lipinski definition) is 1. The number of aliphatic carboxylic acids is 1. The molecule has 0 unspecified atom stereocenters. The van der Waals surface area contributed by atoms with Crippen LogP contribution in [0.15, 0.2) is 82.2 Å². The van der Waals surface area contributed by atoms with Crippen LogP contribution in [0.5, 0.6) is 11.5 Å². The van der Waals surface area contributed by atoms with Crippen molar-refractivity contribution in [2.24, 2.45) is 21.1 Å². The molecular weight excluding hydrogens is 494 g/mol. The lowest BCUT2D eigenvalue weighted by molar-refractivity contribution is -0.153. The maximum atomic E-state index is 13.0. The fourth-order valence-corrected chi connectivity index (χ4v) is 4.51. The lowest BCUT2D eigenvalue weighted by Crippen LogP contribution is -2.47. The number of carbonyl (C=O) groups excluding carboxylic acids is 1. The van der Waals surface area contributed by atoms with E-state index in [4.69, 9.17) is 4.74 Å². The van der Waals surface area contributed by atoms with Crippen molar-refractivity contribution >= 4 is 17.7 Å². The number of carboxylic acids is 1. The number of unbranched alkanes of at least 4 members (excludes halogenated alkanes) is 1. The van der Waals surface area contributed by atoms with Gasteiger partial charge < -0.3 is 14.7 Å². The number of ether oxygens (including phenoxy) is 1. The van der Waals surface area contributed by atoms with Crippen molar-refractivity contribution in [1.29, 1.82) is 0 Å². The Kier molecular flexibility index (Phi) is 9.14. The molecule has 2 aromatic carbocycles. The largest absolute Gasteiger partial charge is 0.480 e. The molecule has 0 saturated carbocycles. The molecule has 1 N–H and O–H groups in total. The van der Waals surface area contributed by atoms with Crippen LogP contribution in [0.25, 0.3) is 11.1 Å². The van der Waals surface area contributed by atoms with Gasteiger partial charge in [-0.3, -0.25) is 9.78 Å². The zero-order valence-corrected chi connectivity index (χ0v) is 22.4. The smallest absolute Gasteiger partial charge is 0.326 e. The van der Waals surface area contributed by atoms with Gasteiger partial charge in [0.05, 0.1) is 6.20 Å². The Balaban J connectivity index is 1.64. The van der Waals surface area contributed by atoms with Crippen molar-refractivity contribution in [3.8, 4) is 22.6 Å². The van der Waals surface area contributed by atoms with E-state index in [1.54, 1.807) is 12.4 Å². The van der Waals surface area contributed by atoms with Gasteiger partial charge in [-0.25, -0.2) is 9.79 Å². The number of carboxylic acid groups (broad SMARTS) is 1. The highest BCUT2D eigenvalue weighted by molar-refractivity contribution is 6.05. The molecule has 0 spiro atoms. The standard InChI is InChI=1S/C30H33N5O4/c1-4-5-8-27(36)35(28(20(2)3)30(37)38)18-21-9-11-22(12-10-21)26-16-23(39-24-7-6-15-31-17-24)13-14-25(26)29-32-19-33-34-29/h6-7,9-17,20,28H,4-5,8,18-19H2,1-3H3,(H,37,38)/t28-/m0/s1. The third-order valence-corrected chi connectivity index (χ3v) is 6.45. The second kappa shape index (κ2) is 12.9. The van der Waals surface area contributed by atoms with Crippen LogP contribution in [0, 0.1) is 5.92 Å². The molecule has 3 aromatic rings.